The van der Waals surface area contributed by atoms with Crippen molar-refractivity contribution in [3.8, 4) is 0 Å². The van der Waals surface area contributed by atoms with Gasteiger partial charge in [-0.1, -0.05) is 12.8 Å². The number of amides is 2. The van der Waals surface area contributed by atoms with Crippen molar-refractivity contribution in [1.82, 2.24) is 5.32 Å². The molecule has 2 fully saturated rings. The van der Waals surface area contributed by atoms with E-state index >= 15 is 0 Å². The van der Waals surface area contributed by atoms with Gasteiger partial charge in [0.15, 0.2) is 0 Å². The van der Waals surface area contributed by atoms with Gasteiger partial charge < -0.3 is 0 Å². The Bertz CT molecular complexity index is 225. The van der Waals surface area contributed by atoms with Crippen LogP contribution >= 0.6 is 0 Å². The first-order valence-electron chi connectivity index (χ1n) is 4.61. The van der Waals surface area contributed by atoms with Crippen LogP contribution in [0.4, 0.5) is 0 Å². The summed E-state index contributed by atoms with van der Waals surface area (Å²) in [6.45, 7) is 0. The molecule has 0 aromatic carbocycles. The van der Waals surface area contributed by atoms with Gasteiger partial charge in [-0.25, -0.2) is 0 Å². The highest BCUT2D eigenvalue weighted by atomic mass is 16.2. The van der Waals surface area contributed by atoms with Gasteiger partial charge in [0, 0.05) is 12.3 Å². The fraction of sp³-hybridized carbons (Fsp3) is 0.778. The van der Waals surface area contributed by atoms with Gasteiger partial charge in [-0.3, -0.25) is 14.9 Å². The van der Waals surface area contributed by atoms with Crippen molar-refractivity contribution in [1.29, 1.82) is 0 Å². The van der Waals surface area contributed by atoms with Crippen molar-refractivity contribution < 1.29 is 9.59 Å². The van der Waals surface area contributed by atoms with Crippen LogP contribution in [0.25, 0.3) is 0 Å². The third kappa shape index (κ3) is 1.24. The van der Waals surface area contributed by atoms with E-state index in [4.69, 9.17) is 0 Å². The molecule has 3 heteroatoms. The van der Waals surface area contributed by atoms with Gasteiger partial charge in [0.25, 0.3) is 0 Å². The number of piperidine rings is 1. The summed E-state index contributed by atoms with van der Waals surface area (Å²) < 4.78 is 0. The highest BCUT2D eigenvalue weighted by Crippen LogP contribution is 2.34. The first-order valence-corrected chi connectivity index (χ1v) is 4.61. The summed E-state index contributed by atoms with van der Waals surface area (Å²) in [4.78, 5) is 22.3. The van der Waals surface area contributed by atoms with E-state index < -0.39 is 0 Å². The van der Waals surface area contributed by atoms with Crippen LogP contribution < -0.4 is 5.32 Å². The van der Waals surface area contributed by atoms with Crippen molar-refractivity contribution >= 4 is 11.8 Å². The van der Waals surface area contributed by atoms with Crippen LogP contribution in [-0.4, -0.2) is 11.8 Å². The molecule has 2 rings (SSSR count). The average Bonchev–Trinajstić information content (AvgIpc) is 2.04. The summed E-state index contributed by atoms with van der Waals surface area (Å²) in [6, 6.07) is 0. The van der Waals surface area contributed by atoms with Gasteiger partial charge in [0.05, 0.1) is 0 Å². The maximum Gasteiger partial charge on any atom is 0.229 e. The van der Waals surface area contributed by atoms with E-state index in [0.29, 0.717) is 12.3 Å². The monoisotopic (exact) mass is 167 g/mol. The maximum atomic E-state index is 11.3. The molecule has 2 amide bonds. The molecule has 0 radical (unpaired) electrons. The quantitative estimate of drug-likeness (QED) is 0.543. The highest BCUT2D eigenvalue weighted by molar-refractivity contribution is 5.99. The smallest absolute Gasteiger partial charge is 0.229 e. The van der Waals surface area contributed by atoms with Gasteiger partial charge >= 0.3 is 0 Å². The van der Waals surface area contributed by atoms with Gasteiger partial charge in [-0.2, -0.15) is 0 Å². The Labute approximate surface area is 71.5 Å². The van der Waals surface area contributed by atoms with Crippen LogP contribution in [-0.2, 0) is 9.59 Å². The number of imide groups is 1. The van der Waals surface area contributed by atoms with Gasteiger partial charge in [0.2, 0.25) is 11.8 Å². The van der Waals surface area contributed by atoms with Crippen LogP contribution in [0, 0.1) is 11.8 Å². The van der Waals surface area contributed by atoms with E-state index in [1.807, 2.05) is 0 Å². The lowest BCUT2D eigenvalue weighted by Gasteiger charge is -2.33. The second kappa shape index (κ2) is 2.88. The number of fused-ring (bicyclic) bond motifs is 1. The Kier molecular flexibility index (Phi) is 1.87. The van der Waals surface area contributed by atoms with Gasteiger partial charge in [-0.15, -0.1) is 0 Å². The highest BCUT2D eigenvalue weighted by Gasteiger charge is 2.36. The predicted molar refractivity (Wildman–Crippen MR) is 43.2 cm³/mol. The molecule has 1 aliphatic heterocycles. The first-order chi connectivity index (χ1) is 5.77. The largest absolute Gasteiger partial charge is 0.296 e. The van der Waals surface area contributed by atoms with E-state index in [0.717, 1.165) is 19.3 Å². The lowest BCUT2D eigenvalue weighted by molar-refractivity contribution is -0.140. The van der Waals surface area contributed by atoms with Crippen molar-refractivity contribution in [2.45, 2.75) is 32.1 Å². The zero-order valence-electron chi connectivity index (χ0n) is 7.01. The molecule has 66 valence electrons. The lowest BCUT2D eigenvalue weighted by atomic mass is 9.75. The van der Waals surface area contributed by atoms with E-state index in [1.54, 1.807) is 0 Å². The van der Waals surface area contributed by atoms with E-state index in [2.05, 4.69) is 5.32 Å². The third-order valence-corrected chi connectivity index (χ3v) is 2.96. The fourth-order valence-corrected chi connectivity index (χ4v) is 2.32. The molecule has 2 atom stereocenters. The van der Waals surface area contributed by atoms with E-state index in [1.165, 1.54) is 6.42 Å². The predicted octanol–water partition coefficient (Wildman–Crippen LogP) is 0.839. The van der Waals surface area contributed by atoms with Gasteiger partial charge in [-0.05, 0) is 18.8 Å². The number of carbonyl (C=O) groups excluding carboxylic acids is 2. The Morgan fingerprint density at radius 2 is 1.92 bits per heavy atom. The normalized spacial score (nSPS) is 35.7. The molecule has 0 aromatic heterocycles. The second-order valence-corrected chi connectivity index (χ2v) is 3.77. The third-order valence-electron chi connectivity index (χ3n) is 2.96. The molecular weight excluding hydrogens is 154 g/mol. The molecular formula is C9H13NO2. The SMILES string of the molecule is O=C1C[C@@H]2CCCC[C@@H]2C(=O)N1. The van der Waals surface area contributed by atoms with Gasteiger partial charge in [0.1, 0.15) is 0 Å². The zero-order valence-corrected chi connectivity index (χ0v) is 7.01. The molecule has 0 unspecified atom stereocenters. The van der Waals surface area contributed by atoms with Crippen molar-refractivity contribution in [3.63, 3.8) is 0 Å². The minimum Gasteiger partial charge on any atom is -0.296 e. The molecule has 1 aliphatic carbocycles. The number of carbonyl (C=O) groups is 2. The summed E-state index contributed by atoms with van der Waals surface area (Å²) in [6.07, 6.45) is 4.93. The van der Waals surface area contributed by atoms with Crippen LogP contribution in [0.15, 0.2) is 0 Å². The summed E-state index contributed by atoms with van der Waals surface area (Å²) in [7, 11) is 0. The molecule has 1 saturated heterocycles. The van der Waals surface area contributed by atoms with Crippen molar-refractivity contribution in [2.75, 3.05) is 0 Å². The molecule has 2 aliphatic rings. The minimum atomic E-state index is -0.0804. The van der Waals surface area contributed by atoms with E-state index in [9.17, 15) is 9.59 Å². The Morgan fingerprint density at radius 1 is 1.17 bits per heavy atom. The average molecular weight is 167 g/mol. The van der Waals surface area contributed by atoms with Crippen molar-refractivity contribution in [2.24, 2.45) is 11.8 Å². The molecule has 0 bridgehead atoms. The molecule has 3 nitrogen and oxygen atoms in total. The molecule has 12 heavy (non-hydrogen) atoms. The Balaban J connectivity index is 2.11. The summed E-state index contributed by atoms with van der Waals surface area (Å²) >= 11 is 0. The van der Waals surface area contributed by atoms with Crippen LogP contribution in [0.3, 0.4) is 0 Å². The number of rotatable bonds is 0. The minimum absolute atomic E-state index is 0.0315. The molecule has 1 heterocycles. The molecule has 1 saturated carbocycles. The summed E-state index contributed by atoms with van der Waals surface area (Å²) in [5.41, 5.74) is 0. The van der Waals surface area contributed by atoms with Crippen molar-refractivity contribution in [3.05, 3.63) is 0 Å². The molecule has 0 aromatic rings. The first kappa shape index (κ1) is 7.77. The Hall–Kier alpha value is -0.860. The number of nitrogens with one attached hydrogen (secondary N) is 1. The fourth-order valence-electron chi connectivity index (χ4n) is 2.32. The number of hydrogen-bond acceptors (Lipinski definition) is 2. The summed E-state index contributed by atoms with van der Waals surface area (Å²) in [5, 5.41) is 2.40. The topological polar surface area (TPSA) is 46.2 Å². The maximum absolute atomic E-state index is 11.3. The number of hydrogen-bond donors (Lipinski definition) is 1. The summed E-state index contributed by atoms with van der Waals surface area (Å²) in [5.74, 6) is 0.371. The molecule has 0 spiro atoms. The zero-order chi connectivity index (χ0) is 8.55. The lowest BCUT2D eigenvalue weighted by Crippen LogP contribution is -2.46. The molecule has 1 N–H and O–H groups in total. The van der Waals surface area contributed by atoms with Crippen LogP contribution in [0.1, 0.15) is 32.1 Å². The van der Waals surface area contributed by atoms with Crippen LogP contribution in [0.5, 0.6) is 0 Å². The Morgan fingerprint density at radius 3 is 2.75 bits per heavy atom. The van der Waals surface area contributed by atoms with Crippen LogP contribution in [0.2, 0.25) is 0 Å². The van der Waals surface area contributed by atoms with E-state index in [-0.39, 0.29) is 17.7 Å². The second-order valence-electron chi connectivity index (χ2n) is 3.77. The standard InChI is InChI=1S/C9H13NO2/c11-8-5-6-3-1-2-4-7(6)9(12)10-8/h6-7H,1-5H2,(H,10,11,12)/t6-,7-/m0/s1.